The highest BCUT2D eigenvalue weighted by Gasteiger charge is 2.24. The molecular weight excluding hydrogens is 316 g/mol. The molecule has 0 amide bonds. The van der Waals surface area contributed by atoms with Crippen molar-refractivity contribution in [1.82, 2.24) is 24.4 Å². The number of imidazole rings is 1. The van der Waals surface area contributed by atoms with E-state index in [4.69, 9.17) is 21.3 Å². The molecule has 0 spiro atoms. The van der Waals surface area contributed by atoms with Crippen LogP contribution in [-0.4, -0.2) is 63.8 Å². The Bertz CT molecular complexity index is 708. The highest BCUT2D eigenvalue weighted by atomic mass is 35.5. The van der Waals surface area contributed by atoms with Gasteiger partial charge in [0.1, 0.15) is 5.82 Å². The Hall–Kier alpha value is -1.44. The van der Waals surface area contributed by atoms with Crippen LogP contribution in [0.15, 0.2) is 0 Å². The molecule has 0 N–H and O–H groups in total. The number of ether oxygens (including phenoxy) is 1. The lowest BCUT2D eigenvalue weighted by Crippen LogP contribution is -2.37. The highest BCUT2D eigenvalue weighted by molar-refractivity contribution is 6.28. The molecule has 0 radical (unpaired) electrons. The zero-order valence-electron chi connectivity index (χ0n) is 13.3. The predicted octanol–water partition coefficient (Wildman–Crippen LogP) is 1.54. The Kier molecular flexibility index (Phi) is 4.09. The lowest BCUT2D eigenvalue weighted by atomic mass is 10.2. The van der Waals surface area contributed by atoms with Crippen LogP contribution in [-0.2, 0) is 17.8 Å². The monoisotopic (exact) mass is 336 g/mol. The van der Waals surface area contributed by atoms with Gasteiger partial charge in [0.25, 0.3) is 0 Å². The third-order valence-corrected chi connectivity index (χ3v) is 4.74. The third kappa shape index (κ3) is 2.77. The first kappa shape index (κ1) is 15.1. The second kappa shape index (κ2) is 6.22. The molecule has 2 aromatic rings. The van der Waals surface area contributed by atoms with E-state index in [1.54, 1.807) is 0 Å². The van der Waals surface area contributed by atoms with Gasteiger partial charge < -0.3 is 14.2 Å². The van der Waals surface area contributed by atoms with Crippen LogP contribution in [0.5, 0.6) is 0 Å². The summed E-state index contributed by atoms with van der Waals surface area (Å²) < 4.78 is 7.60. The summed E-state index contributed by atoms with van der Waals surface area (Å²) in [6.45, 7) is 9.14. The van der Waals surface area contributed by atoms with E-state index in [9.17, 15) is 0 Å². The summed E-state index contributed by atoms with van der Waals surface area (Å²) in [5.74, 6) is 1.88. The van der Waals surface area contributed by atoms with Crippen LogP contribution in [0.1, 0.15) is 19.2 Å². The smallest absolute Gasteiger partial charge is 0.226 e. The van der Waals surface area contributed by atoms with E-state index in [0.29, 0.717) is 13.2 Å². The topological polar surface area (TPSA) is 59.3 Å². The van der Waals surface area contributed by atoms with Crippen LogP contribution in [0.3, 0.4) is 0 Å². The normalized spacial score (nSPS) is 19.3. The molecule has 4 rings (SSSR count). The fraction of sp³-hybridized carbons (Fsp3) is 0.667. The van der Waals surface area contributed by atoms with Crippen LogP contribution < -0.4 is 4.90 Å². The van der Waals surface area contributed by atoms with Crippen molar-refractivity contribution in [1.29, 1.82) is 0 Å². The Morgan fingerprint density at radius 2 is 1.87 bits per heavy atom. The SMILES string of the molecule is CCn1c(CN2CCC2)nc2c(N3CCOCC3)nc(Cl)nc21. The first-order chi connectivity index (χ1) is 11.3. The number of fused-ring (bicyclic) bond motifs is 1. The first-order valence-electron chi connectivity index (χ1n) is 8.24. The summed E-state index contributed by atoms with van der Waals surface area (Å²) in [6.07, 6.45) is 1.27. The molecular formula is C15H21ClN6O. The van der Waals surface area contributed by atoms with Gasteiger partial charge in [0.05, 0.1) is 19.8 Å². The first-order valence-corrected chi connectivity index (χ1v) is 8.61. The fourth-order valence-corrected chi connectivity index (χ4v) is 3.35. The molecule has 124 valence electrons. The lowest BCUT2D eigenvalue weighted by molar-refractivity contribution is 0.122. The van der Waals surface area contributed by atoms with Gasteiger partial charge in [0.15, 0.2) is 17.0 Å². The quantitative estimate of drug-likeness (QED) is 0.789. The van der Waals surface area contributed by atoms with E-state index in [0.717, 1.165) is 62.1 Å². The standard InChI is InChI=1S/C15H21ClN6O/c1-2-22-11(10-20-4-3-5-20)17-12-13(18-15(16)19-14(12)22)21-6-8-23-9-7-21/h2-10H2,1H3. The number of halogens is 1. The van der Waals surface area contributed by atoms with E-state index in [1.807, 2.05) is 0 Å². The minimum absolute atomic E-state index is 0.282. The summed E-state index contributed by atoms with van der Waals surface area (Å²) >= 11 is 6.19. The maximum atomic E-state index is 6.19. The molecule has 2 aliphatic rings. The summed E-state index contributed by atoms with van der Waals surface area (Å²) in [5.41, 5.74) is 1.69. The Balaban J connectivity index is 1.79. The van der Waals surface area contributed by atoms with Crippen LogP contribution in [0.4, 0.5) is 5.82 Å². The lowest BCUT2D eigenvalue weighted by Gasteiger charge is -2.30. The number of morpholine rings is 1. The van der Waals surface area contributed by atoms with Gasteiger partial charge >= 0.3 is 0 Å². The van der Waals surface area contributed by atoms with Gasteiger partial charge in [-0.15, -0.1) is 0 Å². The molecule has 0 aromatic carbocycles. The van der Waals surface area contributed by atoms with Crippen LogP contribution in [0.25, 0.3) is 11.2 Å². The summed E-state index contributed by atoms with van der Waals surface area (Å²) in [5, 5.41) is 0.282. The second-order valence-electron chi connectivity index (χ2n) is 5.99. The zero-order valence-corrected chi connectivity index (χ0v) is 14.1. The molecule has 0 unspecified atom stereocenters. The van der Waals surface area contributed by atoms with Gasteiger partial charge in [-0.2, -0.15) is 9.97 Å². The van der Waals surface area contributed by atoms with E-state index < -0.39 is 0 Å². The van der Waals surface area contributed by atoms with E-state index in [1.165, 1.54) is 6.42 Å². The number of likely N-dealkylation sites (tertiary alicyclic amines) is 1. The average molecular weight is 337 g/mol. The Labute approximate surface area is 140 Å². The molecule has 0 bridgehead atoms. The van der Waals surface area contributed by atoms with Crippen LogP contribution in [0, 0.1) is 0 Å². The highest BCUT2D eigenvalue weighted by Crippen LogP contribution is 2.27. The zero-order chi connectivity index (χ0) is 15.8. The second-order valence-corrected chi connectivity index (χ2v) is 6.33. The molecule has 23 heavy (non-hydrogen) atoms. The van der Waals surface area contributed by atoms with Crippen molar-refractivity contribution in [2.24, 2.45) is 0 Å². The molecule has 0 saturated carbocycles. The van der Waals surface area contributed by atoms with Gasteiger partial charge in [0.2, 0.25) is 5.28 Å². The Morgan fingerprint density at radius 3 is 2.52 bits per heavy atom. The molecule has 0 atom stereocenters. The number of nitrogens with zero attached hydrogens (tertiary/aromatic N) is 6. The van der Waals surface area contributed by atoms with Gasteiger partial charge in [-0.3, -0.25) is 4.90 Å². The number of hydrogen-bond donors (Lipinski definition) is 0. The minimum Gasteiger partial charge on any atom is -0.378 e. The van der Waals surface area contributed by atoms with Crippen molar-refractivity contribution in [3.05, 3.63) is 11.1 Å². The fourth-order valence-electron chi connectivity index (χ4n) is 3.19. The van der Waals surface area contributed by atoms with Crippen molar-refractivity contribution >= 4 is 28.6 Å². The number of aryl methyl sites for hydroxylation is 1. The van der Waals surface area contributed by atoms with Crippen molar-refractivity contribution in [2.45, 2.75) is 26.4 Å². The van der Waals surface area contributed by atoms with Crippen molar-refractivity contribution in [3.63, 3.8) is 0 Å². The van der Waals surface area contributed by atoms with E-state index in [2.05, 4.69) is 31.3 Å². The average Bonchev–Trinajstić information content (AvgIpc) is 2.88. The molecule has 7 nitrogen and oxygen atoms in total. The van der Waals surface area contributed by atoms with Crippen molar-refractivity contribution < 1.29 is 4.74 Å². The van der Waals surface area contributed by atoms with Gasteiger partial charge in [-0.05, 0) is 38.0 Å². The van der Waals surface area contributed by atoms with E-state index in [-0.39, 0.29) is 5.28 Å². The van der Waals surface area contributed by atoms with Gasteiger partial charge in [0, 0.05) is 19.6 Å². The molecule has 8 heteroatoms. The molecule has 2 saturated heterocycles. The molecule has 0 aliphatic carbocycles. The third-order valence-electron chi connectivity index (χ3n) is 4.57. The van der Waals surface area contributed by atoms with Gasteiger partial charge in [-0.1, -0.05) is 0 Å². The number of rotatable bonds is 4. The maximum absolute atomic E-state index is 6.19. The minimum atomic E-state index is 0.282. The summed E-state index contributed by atoms with van der Waals surface area (Å²) in [4.78, 5) is 18.4. The Morgan fingerprint density at radius 1 is 1.09 bits per heavy atom. The van der Waals surface area contributed by atoms with Crippen LogP contribution in [0.2, 0.25) is 5.28 Å². The van der Waals surface area contributed by atoms with Crippen molar-refractivity contribution in [2.75, 3.05) is 44.3 Å². The number of anilines is 1. The summed E-state index contributed by atoms with van der Waals surface area (Å²) in [6, 6.07) is 0. The summed E-state index contributed by atoms with van der Waals surface area (Å²) in [7, 11) is 0. The number of aromatic nitrogens is 4. The molecule has 2 fully saturated rings. The predicted molar refractivity (Wildman–Crippen MR) is 88.9 cm³/mol. The van der Waals surface area contributed by atoms with Crippen LogP contribution >= 0.6 is 11.6 Å². The molecule has 4 heterocycles. The van der Waals surface area contributed by atoms with Crippen molar-refractivity contribution in [3.8, 4) is 0 Å². The molecule has 2 aliphatic heterocycles. The molecule has 2 aromatic heterocycles. The number of hydrogen-bond acceptors (Lipinski definition) is 6. The maximum Gasteiger partial charge on any atom is 0.226 e. The largest absolute Gasteiger partial charge is 0.378 e. The van der Waals surface area contributed by atoms with Gasteiger partial charge in [-0.25, -0.2) is 4.98 Å². The van der Waals surface area contributed by atoms with E-state index >= 15 is 0 Å².